The third-order valence-electron chi connectivity index (χ3n) is 3.52. The Bertz CT molecular complexity index is 680. The van der Waals surface area contributed by atoms with Crippen LogP contribution >= 0.6 is 0 Å². The Morgan fingerprint density at radius 2 is 1.88 bits per heavy atom. The molecule has 0 radical (unpaired) electrons. The van der Waals surface area contributed by atoms with Crippen LogP contribution in [0.4, 0.5) is 0 Å². The summed E-state index contributed by atoms with van der Waals surface area (Å²) in [6, 6.07) is 9.58. The van der Waals surface area contributed by atoms with E-state index in [-0.39, 0.29) is 19.3 Å². The van der Waals surface area contributed by atoms with E-state index in [1.165, 1.54) is 0 Å². The third-order valence-corrected chi connectivity index (χ3v) is 3.52. The molecule has 1 atom stereocenters. The van der Waals surface area contributed by atoms with Crippen molar-refractivity contribution >= 4 is 5.97 Å². The molecule has 1 aromatic heterocycles. The van der Waals surface area contributed by atoms with Gasteiger partial charge in [0.1, 0.15) is 18.3 Å². The van der Waals surface area contributed by atoms with Crippen LogP contribution in [0.25, 0.3) is 5.69 Å². The summed E-state index contributed by atoms with van der Waals surface area (Å²) in [4.78, 5) is 12.3. The minimum atomic E-state index is -0.846. The van der Waals surface area contributed by atoms with Gasteiger partial charge in [-0.1, -0.05) is 18.2 Å². The molecule has 6 nitrogen and oxygen atoms in total. The highest BCUT2D eigenvalue weighted by molar-refractivity contribution is 5.92. The topological polar surface area (TPSA) is 73.6 Å². The van der Waals surface area contributed by atoms with Crippen LogP contribution in [-0.4, -0.2) is 46.3 Å². The molecule has 0 amide bonds. The number of benzene rings is 1. The highest BCUT2D eigenvalue weighted by Crippen LogP contribution is 2.18. The van der Waals surface area contributed by atoms with Crippen molar-refractivity contribution in [2.45, 2.75) is 39.9 Å². The first-order valence-electron chi connectivity index (χ1n) is 7.98. The van der Waals surface area contributed by atoms with Gasteiger partial charge in [0.25, 0.3) is 0 Å². The number of aromatic nitrogens is 2. The number of ether oxygens (including phenoxy) is 2. The van der Waals surface area contributed by atoms with E-state index in [4.69, 9.17) is 9.47 Å². The minimum Gasteiger partial charge on any atom is -0.459 e. The molecule has 0 bridgehead atoms. The lowest BCUT2D eigenvalue weighted by molar-refractivity contribution is -0.0269. The number of carbonyl (C=O) groups is 1. The molecule has 1 aromatic carbocycles. The van der Waals surface area contributed by atoms with E-state index < -0.39 is 12.1 Å². The van der Waals surface area contributed by atoms with Gasteiger partial charge in [-0.05, 0) is 39.8 Å². The second-order valence-corrected chi connectivity index (χ2v) is 5.93. The van der Waals surface area contributed by atoms with Crippen molar-refractivity contribution in [3.05, 3.63) is 47.3 Å². The first-order valence-corrected chi connectivity index (χ1v) is 7.98. The Labute approximate surface area is 142 Å². The average molecular weight is 332 g/mol. The predicted octanol–water partition coefficient (Wildman–Crippen LogP) is 2.43. The maximum Gasteiger partial charge on any atom is 0.342 e. The summed E-state index contributed by atoms with van der Waals surface area (Å²) in [5.74, 6) is -0.490. The fraction of sp³-hybridized carbons (Fsp3) is 0.444. The van der Waals surface area contributed by atoms with Crippen LogP contribution in [0.1, 0.15) is 35.6 Å². The molecule has 0 saturated carbocycles. The number of aliphatic hydroxyl groups is 1. The second-order valence-electron chi connectivity index (χ2n) is 5.93. The number of para-hydroxylation sites is 1. The second kappa shape index (κ2) is 8.08. The van der Waals surface area contributed by atoms with Gasteiger partial charge in [0.15, 0.2) is 0 Å². The van der Waals surface area contributed by atoms with Crippen LogP contribution in [0.5, 0.6) is 0 Å². The lowest BCUT2D eigenvalue weighted by Crippen LogP contribution is -2.25. The lowest BCUT2D eigenvalue weighted by Gasteiger charge is -2.13. The number of esters is 1. The van der Waals surface area contributed by atoms with Gasteiger partial charge in [0, 0.05) is 0 Å². The Morgan fingerprint density at radius 3 is 2.50 bits per heavy atom. The normalized spacial score (nSPS) is 12.4. The molecule has 24 heavy (non-hydrogen) atoms. The average Bonchev–Trinajstić information content (AvgIpc) is 2.86. The van der Waals surface area contributed by atoms with Crippen LogP contribution in [0.15, 0.2) is 30.3 Å². The van der Waals surface area contributed by atoms with Crippen molar-refractivity contribution in [1.29, 1.82) is 0 Å². The van der Waals surface area contributed by atoms with E-state index in [0.717, 1.165) is 5.69 Å². The predicted molar refractivity (Wildman–Crippen MR) is 90.4 cm³/mol. The van der Waals surface area contributed by atoms with Gasteiger partial charge in [-0.15, -0.1) is 0 Å². The summed E-state index contributed by atoms with van der Waals surface area (Å²) in [5.41, 5.74) is 2.60. The molecule has 6 heteroatoms. The molecule has 0 unspecified atom stereocenters. The van der Waals surface area contributed by atoms with Gasteiger partial charge in [-0.3, -0.25) is 0 Å². The number of nitrogens with zero attached hydrogens (tertiary/aromatic N) is 2. The molecule has 0 aliphatic carbocycles. The van der Waals surface area contributed by atoms with Crippen LogP contribution in [0.2, 0.25) is 0 Å². The Morgan fingerprint density at radius 1 is 1.21 bits per heavy atom. The highest BCUT2D eigenvalue weighted by atomic mass is 16.5. The fourth-order valence-corrected chi connectivity index (χ4v) is 2.35. The molecular weight excluding hydrogens is 308 g/mol. The quantitative estimate of drug-likeness (QED) is 0.788. The molecule has 0 fully saturated rings. The monoisotopic (exact) mass is 332 g/mol. The van der Waals surface area contributed by atoms with Crippen LogP contribution < -0.4 is 0 Å². The van der Waals surface area contributed by atoms with Gasteiger partial charge < -0.3 is 14.6 Å². The van der Waals surface area contributed by atoms with Crippen molar-refractivity contribution in [2.24, 2.45) is 0 Å². The summed E-state index contributed by atoms with van der Waals surface area (Å²) >= 11 is 0. The zero-order chi connectivity index (χ0) is 17.7. The molecule has 0 saturated heterocycles. The molecule has 1 heterocycles. The van der Waals surface area contributed by atoms with E-state index in [1.54, 1.807) is 11.6 Å². The highest BCUT2D eigenvalue weighted by Gasteiger charge is 2.21. The smallest absolute Gasteiger partial charge is 0.342 e. The molecule has 130 valence electrons. The van der Waals surface area contributed by atoms with E-state index in [2.05, 4.69) is 5.10 Å². The maximum absolute atomic E-state index is 12.3. The van der Waals surface area contributed by atoms with E-state index in [1.807, 2.05) is 51.1 Å². The first-order chi connectivity index (χ1) is 11.4. The Kier molecular flexibility index (Phi) is 6.11. The van der Waals surface area contributed by atoms with Gasteiger partial charge in [0.05, 0.1) is 29.8 Å². The van der Waals surface area contributed by atoms with Gasteiger partial charge in [-0.25, -0.2) is 9.48 Å². The molecule has 0 aliphatic rings. The fourth-order valence-electron chi connectivity index (χ4n) is 2.35. The van der Waals surface area contributed by atoms with Gasteiger partial charge in [0.2, 0.25) is 0 Å². The summed E-state index contributed by atoms with van der Waals surface area (Å²) in [5, 5.41) is 14.2. The van der Waals surface area contributed by atoms with Crippen LogP contribution in [0.3, 0.4) is 0 Å². The van der Waals surface area contributed by atoms with Crippen molar-refractivity contribution in [3.8, 4) is 5.69 Å². The Hall–Kier alpha value is -2.18. The third kappa shape index (κ3) is 4.43. The zero-order valence-electron chi connectivity index (χ0n) is 14.5. The summed E-state index contributed by atoms with van der Waals surface area (Å²) in [7, 11) is 0. The van der Waals surface area contributed by atoms with E-state index >= 15 is 0 Å². The molecule has 0 spiro atoms. The minimum absolute atomic E-state index is 0.0175. The maximum atomic E-state index is 12.3. The number of rotatable bonds is 7. The lowest BCUT2D eigenvalue weighted by atomic mass is 10.2. The molecular formula is C18H24N2O4. The number of hydrogen-bond acceptors (Lipinski definition) is 5. The first kappa shape index (κ1) is 18.2. The number of aryl methyl sites for hydroxylation is 1. The van der Waals surface area contributed by atoms with Gasteiger partial charge in [-0.2, -0.15) is 5.10 Å². The van der Waals surface area contributed by atoms with Crippen LogP contribution in [0, 0.1) is 13.8 Å². The van der Waals surface area contributed by atoms with Crippen molar-refractivity contribution < 1.29 is 19.4 Å². The summed E-state index contributed by atoms with van der Waals surface area (Å²) in [6.45, 7) is 7.36. The standard InChI is InChI=1S/C18H24N2O4/c1-12(2)23-10-16(21)11-24-18(22)17-13(3)19-20(14(17)4)15-8-6-5-7-9-15/h5-9,12,16,21H,10-11H2,1-4H3/t16-/m1/s1. The zero-order valence-corrected chi connectivity index (χ0v) is 14.5. The molecule has 2 aromatic rings. The van der Waals surface area contributed by atoms with E-state index in [0.29, 0.717) is 17.0 Å². The summed E-state index contributed by atoms with van der Waals surface area (Å²) < 4.78 is 12.2. The Balaban J connectivity index is 2.06. The SMILES string of the molecule is Cc1nn(-c2ccccc2)c(C)c1C(=O)OC[C@H](O)COC(C)C. The van der Waals surface area contributed by atoms with Crippen molar-refractivity contribution in [2.75, 3.05) is 13.2 Å². The largest absolute Gasteiger partial charge is 0.459 e. The number of hydrogen-bond donors (Lipinski definition) is 1. The molecule has 1 N–H and O–H groups in total. The molecule has 2 rings (SSSR count). The number of carbonyl (C=O) groups excluding carboxylic acids is 1. The molecule has 0 aliphatic heterocycles. The number of aliphatic hydroxyl groups excluding tert-OH is 1. The van der Waals surface area contributed by atoms with Crippen molar-refractivity contribution in [1.82, 2.24) is 9.78 Å². The van der Waals surface area contributed by atoms with Crippen LogP contribution in [-0.2, 0) is 9.47 Å². The van der Waals surface area contributed by atoms with Crippen molar-refractivity contribution in [3.63, 3.8) is 0 Å². The summed E-state index contributed by atoms with van der Waals surface area (Å²) in [6.07, 6.45) is -0.829. The van der Waals surface area contributed by atoms with Gasteiger partial charge >= 0.3 is 5.97 Å². The van der Waals surface area contributed by atoms with E-state index in [9.17, 15) is 9.90 Å².